The molecule has 1 amide bonds. The van der Waals surface area contributed by atoms with Gasteiger partial charge in [-0.05, 0) is 12.1 Å². The van der Waals surface area contributed by atoms with Crippen molar-refractivity contribution in [1.82, 2.24) is 4.90 Å². The van der Waals surface area contributed by atoms with E-state index in [4.69, 9.17) is 17.3 Å². The summed E-state index contributed by atoms with van der Waals surface area (Å²) < 4.78 is 0. The van der Waals surface area contributed by atoms with Crippen molar-refractivity contribution in [3.8, 4) is 0 Å². The Hall–Kier alpha value is -1.42. The Morgan fingerprint density at radius 1 is 1.38 bits per heavy atom. The molecule has 88 valence electrons. The molecule has 0 aliphatic heterocycles. The van der Waals surface area contributed by atoms with Gasteiger partial charge in [0.1, 0.15) is 0 Å². The Labute approximate surface area is 101 Å². The van der Waals surface area contributed by atoms with Crippen LogP contribution < -0.4 is 10.6 Å². The van der Waals surface area contributed by atoms with Gasteiger partial charge in [0.25, 0.3) is 0 Å². The minimum atomic E-state index is 0.00168. The number of nitrogen functional groups attached to an aromatic ring is 1. The lowest BCUT2D eigenvalue weighted by Crippen LogP contribution is -2.34. The molecule has 0 bridgehead atoms. The van der Waals surface area contributed by atoms with E-state index in [0.29, 0.717) is 16.4 Å². The molecule has 0 atom stereocenters. The third-order valence-corrected chi connectivity index (χ3v) is 2.58. The predicted molar refractivity (Wildman–Crippen MR) is 67.8 cm³/mol. The lowest BCUT2D eigenvalue weighted by atomic mass is 10.2. The topological polar surface area (TPSA) is 49.6 Å². The normalized spacial score (nSPS) is 10.0. The number of nitrogens with two attached hydrogens (primary N) is 1. The third-order valence-electron chi connectivity index (χ3n) is 2.27. The molecule has 0 aliphatic carbocycles. The highest BCUT2D eigenvalue weighted by Gasteiger charge is 2.13. The van der Waals surface area contributed by atoms with Gasteiger partial charge in [0.2, 0.25) is 5.91 Å². The van der Waals surface area contributed by atoms with Crippen LogP contribution in [-0.2, 0) is 4.79 Å². The molecule has 1 aromatic rings. The standard InChI is InChI=1S/C11H16ClN3O/c1-14(2)10(16)7-15(3)11-8(12)5-4-6-9(11)13/h4-6H,7,13H2,1-3H3. The van der Waals surface area contributed by atoms with Crippen LogP contribution in [0, 0.1) is 0 Å². The molecule has 0 spiro atoms. The average Bonchev–Trinajstić information content (AvgIpc) is 2.16. The highest BCUT2D eigenvalue weighted by Crippen LogP contribution is 2.30. The van der Waals surface area contributed by atoms with E-state index in [9.17, 15) is 4.79 Å². The van der Waals surface area contributed by atoms with Crippen LogP contribution in [0.5, 0.6) is 0 Å². The molecule has 0 heterocycles. The molecule has 5 heteroatoms. The minimum Gasteiger partial charge on any atom is -0.397 e. The maximum Gasteiger partial charge on any atom is 0.241 e. The summed E-state index contributed by atoms with van der Waals surface area (Å²) in [6.07, 6.45) is 0. The van der Waals surface area contributed by atoms with Crippen molar-refractivity contribution in [2.75, 3.05) is 38.3 Å². The molecule has 4 nitrogen and oxygen atoms in total. The highest BCUT2D eigenvalue weighted by molar-refractivity contribution is 6.34. The van der Waals surface area contributed by atoms with Crippen molar-refractivity contribution in [2.45, 2.75) is 0 Å². The van der Waals surface area contributed by atoms with Gasteiger partial charge in [0.05, 0.1) is 22.9 Å². The summed E-state index contributed by atoms with van der Waals surface area (Å²) in [5.41, 5.74) is 7.09. The molecule has 0 unspecified atom stereocenters. The van der Waals surface area contributed by atoms with E-state index < -0.39 is 0 Å². The number of amides is 1. The molecule has 0 fully saturated rings. The number of hydrogen-bond acceptors (Lipinski definition) is 3. The smallest absolute Gasteiger partial charge is 0.241 e. The van der Waals surface area contributed by atoms with Crippen LogP contribution in [0.2, 0.25) is 5.02 Å². The molecule has 0 saturated heterocycles. The van der Waals surface area contributed by atoms with Crippen molar-refractivity contribution < 1.29 is 4.79 Å². The van der Waals surface area contributed by atoms with E-state index >= 15 is 0 Å². The molecule has 2 N–H and O–H groups in total. The summed E-state index contributed by atoms with van der Waals surface area (Å²) in [5.74, 6) is 0.00168. The Balaban J connectivity index is 2.88. The molecular weight excluding hydrogens is 226 g/mol. The van der Waals surface area contributed by atoms with Gasteiger partial charge in [0.15, 0.2) is 0 Å². The Kier molecular flexibility index (Phi) is 4.01. The Bertz CT molecular complexity index is 373. The summed E-state index contributed by atoms with van der Waals surface area (Å²) in [5, 5.41) is 0.550. The molecule has 0 aromatic heterocycles. The van der Waals surface area contributed by atoms with Gasteiger partial charge < -0.3 is 15.5 Å². The van der Waals surface area contributed by atoms with E-state index in [2.05, 4.69) is 0 Å². The fourth-order valence-corrected chi connectivity index (χ4v) is 1.68. The maximum absolute atomic E-state index is 11.5. The second-order valence-electron chi connectivity index (χ2n) is 3.82. The van der Waals surface area contributed by atoms with Gasteiger partial charge >= 0.3 is 0 Å². The average molecular weight is 242 g/mol. The van der Waals surface area contributed by atoms with Crippen LogP contribution in [-0.4, -0.2) is 38.5 Å². The first kappa shape index (κ1) is 12.6. The molecule has 0 aliphatic rings. The fraction of sp³-hybridized carbons (Fsp3) is 0.364. The fourth-order valence-electron chi connectivity index (χ4n) is 1.36. The van der Waals surface area contributed by atoms with Crippen LogP contribution in [0.15, 0.2) is 18.2 Å². The van der Waals surface area contributed by atoms with Crippen molar-refractivity contribution in [3.05, 3.63) is 23.2 Å². The lowest BCUT2D eigenvalue weighted by molar-refractivity contribution is -0.127. The first-order chi connectivity index (χ1) is 7.43. The van der Waals surface area contributed by atoms with Crippen molar-refractivity contribution in [3.63, 3.8) is 0 Å². The number of para-hydroxylation sites is 1. The van der Waals surface area contributed by atoms with Crippen molar-refractivity contribution in [2.24, 2.45) is 0 Å². The molecule has 1 rings (SSSR count). The van der Waals surface area contributed by atoms with Gasteiger partial charge in [-0.1, -0.05) is 17.7 Å². The van der Waals surface area contributed by atoms with Crippen LogP contribution in [0.25, 0.3) is 0 Å². The molecule has 0 saturated carbocycles. The number of hydrogen-bond donors (Lipinski definition) is 1. The quantitative estimate of drug-likeness (QED) is 0.815. The number of halogens is 1. The van der Waals surface area contributed by atoms with Crippen molar-refractivity contribution in [1.29, 1.82) is 0 Å². The van der Waals surface area contributed by atoms with Crippen molar-refractivity contribution >= 4 is 28.9 Å². The highest BCUT2D eigenvalue weighted by atomic mass is 35.5. The zero-order chi connectivity index (χ0) is 12.3. The summed E-state index contributed by atoms with van der Waals surface area (Å²) in [6, 6.07) is 5.30. The van der Waals surface area contributed by atoms with Gasteiger partial charge in [0, 0.05) is 21.1 Å². The van der Waals surface area contributed by atoms with E-state index in [1.54, 1.807) is 44.2 Å². The Morgan fingerprint density at radius 3 is 2.50 bits per heavy atom. The third kappa shape index (κ3) is 2.79. The molecule has 0 radical (unpaired) electrons. The minimum absolute atomic E-state index is 0.00168. The summed E-state index contributed by atoms with van der Waals surface area (Å²) in [7, 11) is 5.22. The van der Waals surface area contributed by atoms with E-state index in [0.717, 1.165) is 0 Å². The second-order valence-corrected chi connectivity index (χ2v) is 4.23. The summed E-state index contributed by atoms with van der Waals surface area (Å²) in [6.45, 7) is 0.251. The Morgan fingerprint density at radius 2 is 2.00 bits per heavy atom. The van der Waals surface area contributed by atoms with E-state index in [1.807, 2.05) is 0 Å². The zero-order valence-corrected chi connectivity index (χ0v) is 10.5. The number of carbonyl (C=O) groups is 1. The lowest BCUT2D eigenvalue weighted by Gasteiger charge is -2.23. The van der Waals surface area contributed by atoms with Crippen LogP contribution in [0.1, 0.15) is 0 Å². The largest absolute Gasteiger partial charge is 0.397 e. The predicted octanol–water partition coefficient (Wildman–Crippen LogP) is 1.45. The molecule has 1 aromatic carbocycles. The maximum atomic E-state index is 11.5. The van der Waals surface area contributed by atoms with Gasteiger partial charge in [-0.3, -0.25) is 4.79 Å². The molecular formula is C11H16ClN3O. The van der Waals surface area contributed by atoms with Gasteiger partial charge in [-0.15, -0.1) is 0 Å². The van der Waals surface area contributed by atoms with Gasteiger partial charge in [-0.2, -0.15) is 0 Å². The number of likely N-dealkylation sites (N-methyl/N-ethyl adjacent to an activating group) is 2. The number of carbonyl (C=O) groups excluding carboxylic acids is 1. The number of benzene rings is 1. The SMILES string of the molecule is CN(C)C(=O)CN(C)c1c(N)cccc1Cl. The number of anilines is 2. The van der Waals surface area contributed by atoms with E-state index in [-0.39, 0.29) is 12.5 Å². The monoisotopic (exact) mass is 241 g/mol. The first-order valence-electron chi connectivity index (χ1n) is 4.88. The summed E-state index contributed by atoms with van der Waals surface area (Å²) in [4.78, 5) is 14.8. The number of rotatable bonds is 3. The second kappa shape index (κ2) is 5.07. The van der Waals surface area contributed by atoms with Gasteiger partial charge in [-0.25, -0.2) is 0 Å². The first-order valence-corrected chi connectivity index (χ1v) is 5.26. The zero-order valence-electron chi connectivity index (χ0n) is 9.70. The number of nitrogens with zero attached hydrogens (tertiary/aromatic N) is 2. The van der Waals surface area contributed by atoms with Crippen LogP contribution >= 0.6 is 11.6 Å². The van der Waals surface area contributed by atoms with E-state index in [1.165, 1.54) is 4.90 Å². The molecule has 16 heavy (non-hydrogen) atoms. The summed E-state index contributed by atoms with van der Waals surface area (Å²) >= 11 is 6.04. The van der Waals surface area contributed by atoms with Crippen LogP contribution in [0.3, 0.4) is 0 Å². The van der Waals surface area contributed by atoms with Crippen LogP contribution in [0.4, 0.5) is 11.4 Å².